The molecule has 2 amide bonds. The molecule has 0 spiro atoms. The number of nitrogens with zero attached hydrogens (tertiary/aromatic N) is 2. The predicted molar refractivity (Wildman–Crippen MR) is 94.4 cm³/mol. The van der Waals surface area contributed by atoms with Gasteiger partial charge in [0.2, 0.25) is 17.8 Å². The molecule has 0 bridgehead atoms. The minimum absolute atomic E-state index is 0.102. The molecule has 138 valence electrons. The second kappa shape index (κ2) is 8.61. The fourth-order valence-corrected chi connectivity index (χ4v) is 2.85. The zero-order valence-electron chi connectivity index (χ0n) is 14.9. The second-order valence-corrected chi connectivity index (χ2v) is 6.35. The number of aryl methyl sites for hydroxylation is 1. The Morgan fingerprint density at radius 1 is 1.40 bits per heavy atom. The van der Waals surface area contributed by atoms with Crippen LogP contribution >= 0.6 is 0 Å². The van der Waals surface area contributed by atoms with Crippen LogP contribution in [0.25, 0.3) is 0 Å². The number of aromatic nitrogens is 2. The molecule has 0 aromatic carbocycles. The third-order valence-electron chi connectivity index (χ3n) is 4.02. The average Bonchev–Trinajstić information content (AvgIpc) is 2.52. The molecule has 1 fully saturated rings. The Morgan fingerprint density at radius 2 is 2.16 bits per heavy atom. The van der Waals surface area contributed by atoms with Crippen molar-refractivity contribution in [1.29, 1.82) is 0 Å². The quantitative estimate of drug-likeness (QED) is 0.478. The van der Waals surface area contributed by atoms with Gasteiger partial charge in [-0.1, -0.05) is 0 Å². The molecule has 0 unspecified atom stereocenters. The van der Waals surface area contributed by atoms with Crippen molar-refractivity contribution in [2.45, 2.75) is 39.3 Å². The summed E-state index contributed by atoms with van der Waals surface area (Å²) in [6.45, 7) is 7.91. The van der Waals surface area contributed by atoms with Gasteiger partial charge in [-0.3, -0.25) is 24.3 Å². The van der Waals surface area contributed by atoms with Crippen LogP contribution in [0.3, 0.4) is 0 Å². The Hall–Kier alpha value is -2.42. The summed E-state index contributed by atoms with van der Waals surface area (Å²) in [7, 11) is 0. The number of anilines is 1. The lowest BCUT2D eigenvalue weighted by Gasteiger charge is -2.37. The normalized spacial score (nSPS) is 18.1. The van der Waals surface area contributed by atoms with Gasteiger partial charge in [-0.25, -0.2) is 4.98 Å². The molecule has 1 aromatic rings. The first-order chi connectivity index (χ1) is 11.9. The third kappa shape index (κ3) is 5.56. The lowest BCUT2D eigenvalue weighted by atomic mass is 10.1. The molecule has 1 aromatic heterocycles. The van der Waals surface area contributed by atoms with E-state index < -0.39 is 6.04 Å². The Morgan fingerprint density at radius 3 is 2.84 bits per heavy atom. The Labute approximate surface area is 146 Å². The highest BCUT2D eigenvalue weighted by molar-refractivity contribution is 5.88. The summed E-state index contributed by atoms with van der Waals surface area (Å²) in [6, 6.07) is 1.18. The van der Waals surface area contributed by atoms with E-state index in [0.29, 0.717) is 31.3 Å². The fourth-order valence-electron chi connectivity index (χ4n) is 2.85. The van der Waals surface area contributed by atoms with Crippen LogP contribution < -0.4 is 21.5 Å². The number of aromatic amines is 1. The van der Waals surface area contributed by atoms with Crippen LogP contribution in [0.15, 0.2) is 10.9 Å². The van der Waals surface area contributed by atoms with Crippen molar-refractivity contribution < 1.29 is 9.59 Å². The first-order valence-corrected chi connectivity index (χ1v) is 8.49. The van der Waals surface area contributed by atoms with Gasteiger partial charge < -0.3 is 16.0 Å². The summed E-state index contributed by atoms with van der Waals surface area (Å²) in [5, 5.41) is 8.54. The number of carbonyl (C=O) groups is 2. The number of carbonyl (C=O) groups excluding carboxylic acids is 2. The van der Waals surface area contributed by atoms with Gasteiger partial charge in [0.1, 0.15) is 0 Å². The van der Waals surface area contributed by atoms with Gasteiger partial charge >= 0.3 is 0 Å². The van der Waals surface area contributed by atoms with Crippen LogP contribution in [0.1, 0.15) is 26.0 Å². The molecule has 1 aliphatic heterocycles. The molecule has 0 radical (unpaired) electrons. The Balaban J connectivity index is 1.78. The zero-order valence-corrected chi connectivity index (χ0v) is 14.9. The monoisotopic (exact) mass is 350 g/mol. The summed E-state index contributed by atoms with van der Waals surface area (Å²) >= 11 is 0. The van der Waals surface area contributed by atoms with Crippen molar-refractivity contribution in [2.24, 2.45) is 0 Å². The topological polar surface area (TPSA) is 119 Å². The first kappa shape index (κ1) is 18.9. The van der Waals surface area contributed by atoms with E-state index in [1.165, 1.54) is 6.07 Å². The molecule has 1 atom stereocenters. The van der Waals surface area contributed by atoms with Gasteiger partial charge in [0.15, 0.2) is 0 Å². The molecule has 25 heavy (non-hydrogen) atoms. The number of nitrogens with one attached hydrogen (secondary N) is 4. The van der Waals surface area contributed by atoms with Gasteiger partial charge in [-0.2, -0.15) is 0 Å². The molecular weight excluding hydrogens is 324 g/mol. The molecule has 0 saturated carbocycles. The summed E-state index contributed by atoms with van der Waals surface area (Å²) < 4.78 is 0. The van der Waals surface area contributed by atoms with E-state index in [4.69, 9.17) is 0 Å². The van der Waals surface area contributed by atoms with Gasteiger partial charge in [0.25, 0.3) is 5.56 Å². The van der Waals surface area contributed by atoms with Gasteiger partial charge in [-0.05, 0) is 20.8 Å². The lowest BCUT2D eigenvalue weighted by Crippen LogP contribution is -2.58. The lowest BCUT2D eigenvalue weighted by molar-refractivity contribution is -0.134. The fraction of sp³-hybridized carbons (Fsp3) is 0.625. The van der Waals surface area contributed by atoms with Crippen LogP contribution in [0.2, 0.25) is 0 Å². The van der Waals surface area contributed by atoms with Gasteiger partial charge in [0, 0.05) is 44.0 Å². The van der Waals surface area contributed by atoms with E-state index >= 15 is 0 Å². The first-order valence-electron chi connectivity index (χ1n) is 8.49. The summed E-state index contributed by atoms with van der Waals surface area (Å²) in [6.07, 6.45) is 0.129. The minimum Gasteiger partial charge on any atom is -0.354 e. The van der Waals surface area contributed by atoms with E-state index in [1.807, 2.05) is 18.7 Å². The van der Waals surface area contributed by atoms with Crippen LogP contribution in [0.4, 0.5) is 5.95 Å². The molecule has 1 aliphatic rings. The van der Waals surface area contributed by atoms with E-state index in [-0.39, 0.29) is 29.8 Å². The number of rotatable bonds is 7. The Bertz CT molecular complexity index is 672. The van der Waals surface area contributed by atoms with E-state index in [2.05, 4.69) is 25.9 Å². The highest BCUT2D eigenvalue weighted by Gasteiger charge is 2.32. The molecule has 2 heterocycles. The van der Waals surface area contributed by atoms with Crippen LogP contribution in [0, 0.1) is 6.92 Å². The van der Waals surface area contributed by atoms with Gasteiger partial charge in [-0.15, -0.1) is 0 Å². The van der Waals surface area contributed by atoms with E-state index in [0.717, 1.165) is 6.54 Å². The number of hydrogen-bond donors (Lipinski definition) is 4. The van der Waals surface area contributed by atoms with Crippen molar-refractivity contribution in [3.8, 4) is 0 Å². The smallest absolute Gasteiger partial charge is 0.252 e. The average molecular weight is 350 g/mol. The number of H-pyrrole nitrogens is 1. The SMILES string of the molecule is Cc1cc(=O)[nH]c(NCCNC(=O)C[C@H]2C(=O)NCCN2C(C)C)n1. The highest BCUT2D eigenvalue weighted by atomic mass is 16.2. The summed E-state index contributed by atoms with van der Waals surface area (Å²) in [4.78, 5) is 44.3. The number of piperazine rings is 1. The van der Waals surface area contributed by atoms with Crippen molar-refractivity contribution >= 4 is 17.8 Å². The zero-order chi connectivity index (χ0) is 18.4. The molecule has 9 heteroatoms. The number of amides is 2. The van der Waals surface area contributed by atoms with Crippen molar-refractivity contribution in [2.75, 3.05) is 31.5 Å². The van der Waals surface area contributed by atoms with Crippen molar-refractivity contribution in [3.63, 3.8) is 0 Å². The summed E-state index contributed by atoms with van der Waals surface area (Å²) in [5.41, 5.74) is 0.392. The largest absolute Gasteiger partial charge is 0.354 e. The van der Waals surface area contributed by atoms with Gasteiger partial charge in [0.05, 0.1) is 12.5 Å². The maximum atomic E-state index is 12.1. The van der Waals surface area contributed by atoms with Crippen molar-refractivity contribution in [3.05, 3.63) is 22.1 Å². The Kier molecular flexibility index (Phi) is 6.51. The third-order valence-corrected chi connectivity index (χ3v) is 4.02. The highest BCUT2D eigenvalue weighted by Crippen LogP contribution is 2.12. The minimum atomic E-state index is -0.434. The molecule has 0 aliphatic carbocycles. The van der Waals surface area contributed by atoms with E-state index in [1.54, 1.807) is 6.92 Å². The van der Waals surface area contributed by atoms with Crippen LogP contribution in [-0.4, -0.2) is 64.9 Å². The molecule has 4 N–H and O–H groups in total. The molecule has 2 rings (SSSR count). The molecule has 9 nitrogen and oxygen atoms in total. The van der Waals surface area contributed by atoms with Crippen LogP contribution in [-0.2, 0) is 9.59 Å². The van der Waals surface area contributed by atoms with E-state index in [9.17, 15) is 14.4 Å². The maximum Gasteiger partial charge on any atom is 0.252 e. The maximum absolute atomic E-state index is 12.1. The van der Waals surface area contributed by atoms with Crippen molar-refractivity contribution in [1.82, 2.24) is 25.5 Å². The van der Waals surface area contributed by atoms with Crippen LogP contribution in [0.5, 0.6) is 0 Å². The number of hydrogen-bond acceptors (Lipinski definition) is 6. The predicted octanol–water partition coefficient (Wildman–Crippen LogP) is -0.795. The summed E-state index contributed by atoms with van der Waals surface area (Å²) in [5.74, 6) is 0.0897. The second-order valence-electron chi connectivity index (χ2n) is 6.35. The molecule has 1 saturated heterocycles. The standard InChI is InChI=1S/C16H26N6O3/c1-10(2)22-7-6-18-15(25)12(22)9-13(23)17-4-5-19-16-20-11(3)8-14(24)21-16/h8,10,12H,4-7,9H2,1-3H3,(H,17,23)(H,18,25)(H2,19,20,21,24)/t12-/m0/s1. The molecular formula is C16H26N6O3.